The first-order valence-corrected chi connectivity index (χ1v) is 10.6. The lowest BCUT2D eigenvalue weighted by molar-refractivity contribution is 0.0873. The summed E-state index contributed by atoms with van der Waals surface area (Å²) >= 11 is 5.99. The van der Waals surface area contributed by atoms with Gasteiger partial charge in [0.2, 0.25) is 12.6 Å². The molecule has 6 rings (SSSR count). The molecule has 0 unspecified atom stereocenters. The maximum atomic E-state index is 13.0. The van der Waals surface area contributed by atoms with Crippen LogP contribution < -0.4 is 18.9 Å². The molecule has 0 radical (unpaired) electrons. The van der Waals surface area contributed by atoms with Gasteiger partial charge >= 0.3 is 0 Å². The second-order valence-electron chi connectivity index (χ2n) is 7.86. The molecule has 3 aliphatic rings. The molecule has 3 aromatic rings. The number of carbonyl (C=O) groups excluding carboxylic acids is 1. The van der Waals surface area contributed by atoms with Crippen molar-refractivity contribution in [1.29, 1.82) is 0 Å². The van der Waals surface area contributed by atoms with E-state index in [0.717, 1.165) is 22.4 Å². The SMILES string of the molecule is O=C1/C(=C/c2ccc3c(c2)OCO3)Oc2c1ccc1c2CN(Cc2ccc(Cl)cc2)CO1. The Hall–Kier alpha value is -3.48. The lowest BCUT2D eigenvalue weighted by Gasteiger charge is -2.29. The number of hydrogen-bond acceptors (Lipinski definition) is 6. The molecule has 7 heteroatoms. The van der Waals surface area contributed by atoms with E-state index in [0.29, 0.717) is 47.7 Å². The van der Waals surface area contributed by atoms with Gasteiger partial charge in [-0.15, -0.1) is 0 Å². The van der Waals surface area contributed by atoms with E-state index in [1.165, 1.54) is 0 Å². The minimum absolute atomic E-state index is 0.143. The third kappa shape index (κ3) is 3.38. The van der Waals surface area contributed by atoms with Crippen molar-refractivity contribution in [2.24, 2.45) is 0 Å². The Morgan fingerprint density at radius 1 is 0.938 bits per heavy atom. The highest BCUT2D eigenvalue weighted by Crippen LogP contribution is 2.42. The topological polar surface area (TPSA) is 57.2 Å². The number of halogens is 1. The van der Waals surface area contributed by atoms with Crippen LogP contribution in [0.1, 0.15) is 27.0 Å². The van der Waals surface area contributed by atoms with Crippen LogP contribution in [-0.2, 0) is 13.1 Å². The molecule has 0 aliphatic carbocycles. The molecular formula is C25H18ClNO5. The third-order valence-electron chi connectivity index (χ3n) is 5.70. The van der Waals surface area contributed by atoms with Gasteiger partial charge < -0.3 is 18.9 Å². The Labute approximate surface area is 189 Å². The van der Waals surface area contributed by atoms with Gasteiger partial charge in [-0.25, -0.2) is 0 Å². The van der Waals surface area contributed by atoms with Crippen molar-refractivity contribution in [2.75, 3.05) is 13.5 Å². The van der Waals surface area contributed by atoms with Crippen LogP contribution >= 0.6 is 11.6 Å². The molecule has 3 aromatic carbocycles. The summed E-state index contributed by atoms with van der Waals surface area (Å²) in [6.07, 6.45) is 1.73. The Morgan fingerprint density at radius 3 is 2.62 bits per heavy atom. The fraction of sp³-hybridized carbons (Fsp3) is 0.160. The summed E-state index contributed by atoms with van der Waals surface area (Å²) in [7, 11) is 0. The first-order valence-electron chi connectivity index (χ1n) is 10.2. The van der Waals surface area contributed by atoms with E-state index in [4.69, 9.17) is 30.5 Å². The van der Waals surface area contributed by atoms with Crippen LogP contribution in [0.15, 0.2) is 60.4 Å². The van der Waals surface area contributed by atoms with Gasteiger partial charge in [0, 0.05) is 18.1 Å². The molecular weight excluding hydrogens is 430 g/mol. The molecule has 0 spiro atoms. The molecule has 0 N–H and O–H groups in total. The lowest BCUT2D eigenvalue weighted by Crippen LogP contribution is -2.31. The zero-order valence-corrected chi connectivity index (χ0v) is 17.7. The zero-order chi connectivity index (χ0) is 21.7. The van der Waals surface area contributed by atoms with Gasteiger partial charge in [0.25, 0.3) is 0 Å². The standard InChI is InChI=1S/C25H18ClNO5/c26-17-4-1-15(2-5-17)11-27-12-19-20(29-13-27)8-6-18-24(28)23(32-25(18)19)10-16-3-7-21-22(9-16)31-14-30-21/h1-10H,11-14H2/b23-10-. The summed E-state index contributed by atoms with van der Waals surface area (Å²) in [5.41, 5.74) is 3.37. The second-order valence-corrected chi connectivity index (χ2v) is 8.29. The normalized spacial score (nSPS) is 17.7. The number of rotatable bonds is 3. The molecule has 0 fully saturated rings. The van der Waals surface area contributed by atoms with Crippen molar-refractivity contribution in [3.63, 3.8) is 0 Å². The Morgan fingerprint density at radius 2 is 1.75 bits per heavy atom. The summed E-state index contributed by atoms with van der Waals surface area (Å²) in [5.74, 6) is 2.80. The van der Waals surface area contributed by atoms with Gasteiger partial charge in [-0.3, -0.25) is 9.69 Å². The molecule has 0 saturated heterocycles. The number of allylic oxidation sites excluding steroid dienone is 1. The van der Waals surface area contributed by atoms with Crippen LogP contribution in [0.3, 0.4) is 0 Å². The van der Waals surface area contributed by atoms with E-state index in [2.05, 4.69) is 4.90 Å². The summed E-state index contributed by atoms with van der Waals surface area (Å²) < 4.78 is 22.8. The smallest absolute Gasteiger partial charge is 0.231 e. The van der Waals surface area contributed by atoms with Crippen LogP contribution in [0.2, 0.25) is 5.02 Å². The van der Waals surface area contributed by atoms with E-state index in [9.17, 15) is 4.79 Å². The van der Waals surface area contributed by atoms with Crippen LogP contribution in [0.5, 0.6) is 23.0 Å². The first-order chi connectivity index (χ1) is 15.6. The second kappa shape index (κ2) is 7.58. The van der Waals surface area contributed by atoms with E-state index < -0.39 is 0 Å². The number of hydrogen-bond donors (Lipinski definition) is 0. The Kier molecular flexibility index (Phi) is 4.56. The summed E-state index contributed by atoms with van der Waals surface area (Å²) in [4.78, 5) is 15.2. The number of nitrogens with zero attached hydrogens (tertiary/aromatic N) is 1. The molecule has 32 heavy (non-hydrogen) atoms. The highest BCUT2D eigenvalue weighted by atomic mass is 35.5. The van der Waals surface area contributed by atoms with Gasteiger partial charge in [0.1, 0.15) is 18.2 Å². The first kappa shape index (κ1) is 19.2. The summed E-state index contributed by atoms with van der Waals surface area (Å²) in [5, 5.41) is 0.709. The molecule has 0 saturated carbocycles. The number of ether oxygens (including phenoxy) is 4. The monoisotopic (exact) mass is 447 g/mol. The van der Waals surface area contributed by atoms with Crippen LogP contribution in [0.25, 0.3) is 6.08 Å². The fourth-order valence-electron chi connectivity index (χ4n) is 4.11. The van der Waals surface area contributed by atoms with Crippen molar-refractivity contribution < 1.29 is 23.7 Å². The van der Waals surface area contributed by atoms with Gasteiger partial charge in [-0.2, -0.15) is 0 Å². The highest BCUT2D eigenvalue weighted by molar-refractivity contribution is 6.30. The number of carbonyl (C=O) groups is 1. The molecule has 160 valence electrons. The lowest BCUT2D eigenvalue weighted by atomic mass is 10.0. The van der Waals surface area contributed by atoms with Gasteiger partial charge in [0.05, 0.1) is 11.1 Å². The Balaban J connectivity index is 1.27. The van der Waals surface area contributed by atoms with E-state index in [1.54, 1.807) is 12.1 Å². The van der Waals surface area contributed by atoms with Gasteiger partial charge in [0.15, 0.2) is 17.3 Å². The predicted molar refractivity (Wildman–Crippen MR) is 118 cm³/mol. The van der Waals surface area contributed by atoms with Gasteiger partial charge in [-0.05, 0) is 53.6 Å². The van der Waals surface area contributed by atoms with Crippen molar-refractivity contribution in [3.8, 4) is 23.0 Å². The number of fused-ring (bicyclic) bond motifs is 4. The van der Waals surface area contributed by atoms with E-state index >= 15 is 0 Å². The molecule has 3 heterocycles. The largest absolute Gasteiger partial charge is 0.478 e. The van der Waals surface area contributed by atoms with Gasteiger partial charge in [-0.1, -0.05) is 29.8 Å². The van der Waals surface area contributed by atoms with Crippen molar-refractivity contribution in [1.82, 2.24) is 4.90 Å². The molecule has 0 atom stereocenters. The summed E-state index contributed by atoms with van der Waals surface area (Å²) in [6, 6.07) is 16.9. The number of benzene rings is 3. The van der Waals surface area contributed by atoms with Crippen molar-refractivity contribution >= 4 is 23.5 Å². The van der Waals surface area contributed by atoms with Crippen molar-refractivity contribution in [3.05, 3.63) is 87.6 Å². The minimum atomic E-state index is -0.143. The highest BCUT2D eigenvalue weighted by Gasteiger charge is 2.33. The van der Waals surface area contributed by atoms with Crippen LogP contribution in [0.4, 0.5) is 0 Å². The quantitative estimate of drug-likeness (QED) is 0.524. The average molecular weight is 448 g/mol. The molecule has 0 bridgehead atoms. The van der Waals surface area contributed by atoms with E-state index in [-0.39, 0.29) is 18.3 Å². The Bertz CT molecular complexity index is 1270. The van der Waals surface area contributed by atoms with Crippen molar-refractivity contribution in [2.45, 2.75) is 13.1 Å². The van der Waals surface area contributed by atoms with E-state index in [1.807, 2.05) is 48.5 Å². The number of ketones is 1. The summed E-state index contributed by atoms with van der Waals surface area (Å²) in [6.45, 7) is 1.98. The predicted octanol–water partition coefficient (Wildman–Crippen LogP) is 5.04. The van der Waals surface area contributed by atoms with Crippen LogP contribution in [0, 0.1) is 0 Å². The fourth-order valence-corrected chi connectivity index (χ4v) is 4.23. The third-order valence-corrected chi connectivity index (χ3v) is 5.95. The molecule has 0 aromatic heterocycles. The maximum absolute atomic E-state index is 13.0. The molecule has 3 aliphatic heterocycles. The molecule has 6 nitrogen and oxygen atoms in total. The zero-order valence-electron chi connectivity index (χ0n) is 17.0. The molecule has 0 amide bonds. The number of Topliss-reactive ketones (excluding diaryl/α,β-unsaturated/α-hetero) is 1. The average Bonchev–Trinajstić information content (AvgIpc) is 3.40. The van der Waals surface area contributed by atoms with Crippen LogP contribution in [-0.4, -0.2) is 24.2 Å². The minimum Gasteiger partial charge on any atom is -0.478 e. The maximum Gasteiger partial charge on any atom is 0.231 e.